The first-order chi connectivity index (χ1) is 12.7. The fraction of sp³-hybridized carbons (Fsp3) is 0.353. The van der Waals surface area contributed by atoms with E-state index in [1.165, 1.54) is 16.2 Å². The highest BCUT2D eigenvalue weighted by molar-refractivity contribution is 7.09. The van der Waals surface area contributed by atoms with Crippen molar-refractivity contribution in [2.24, 2.45) is 0 Å². The maximum Gasteiger partial charge on any atom is 0.267 e. The first kappa shape index (κ1) is 16.6. The lowest BCUT2D eigenvalue weighted by Gasteiger charge is -2.35. The van der Waals surface area contributed by atoms with Crippen LogP contribution in [0.5, 0.6) is 0 Å². The van der Waals surface area contributed by atoms with E-state index in [1.807, 2.05) is 25.1 Å². The molecule has 134 valence electrons. The molecule has 3 aromatic rings. The third-order valence-electron chi connectivity index (χ3n) is 4.28. The van der Waals surface area contributed by atoms with Crippen molar-refractivity contribution in [3.8, 4) is 0 Å². The van der Waals surface area contributed by atoms with Crippen molar-refractivity contribution in [2.45, 2.75) is 13.5 Å². The van der Waals surface area contributed by atoms with E-state index in [4.69, 9.17) is 0 Å². The first-order valence-electron chi connectivity index (χ1n) is 8.47. The Bertz CT molecular complexity index is 932. The molecular weight excluding hydrogens is 350 g/mol. The van der Waals surface area contributed by atoms with Crippen LogP contribution in [-0.2, 0) is 6.54 Å². The standard InChI is InChI=1S/C17H19N7OS/c1-13-19-17(26-21-13)23-10-8-22(9-11-23)15-5-6-16(25)24(20-15)12-14-4-2-3-7-18-14/h2-7H,8-12H2,1H3. The number of hydrogen-bond donors (Lipinski definition) is 0. The number of piperazine rings is 1. The molecule has 0 amide bonds. The Morgan fingerprint density at radius 1 is 1.08 bits per heavy atom. The Balaban J connectivity index is 1.47. The van der Waals surface area contributed by atoms with Gasteiger partial charge in [0.1, 0.15) is 11.6 Å². The average molecular weight is 369 g/mol. The van der Waals surface area contributed by atoms with E-state index in [2.05, 4.69) is 29.2 Å². The lowest BCUT2D eigenvalue weighted by atomic mass is 10.3. The second-order valence-corrected chi connectivity index (χ2v) is 6.84. The summed E-state index contributed by atoms with van der Waals surface area (Å²) < 4.78 is 5.72. The fourth-order valence-corrected chi connectivity index (χ4v) is 3.63. The van der Waals surface area contributed by atoms with Crippen molar-refractivity contribution < 1.29 is 0 Å². The van der Waals surface area contributed by atoms with Gasteiger partial charge in [-0.05, 0) is 25.1 Å². The van der Waals surface area contributed by atoms with Crippen molar-refractivity contribution >= 4 is 22.5 Å². The predicted molar refractivity (Wildman–Crippen MR) is 101 cm³/mol. The van der Waals surface area contributed by atoms with Crippen LogP contribution in [0.1, 0.15) is 11.5 Å². The molecule has 1 aliphatic heterocycles. The summed E-state index contributed by atoms with van der Waals surface area (Å²) in [4.78, 5) is 25.3. The van der Waals surface area contributed by atoms with Gasteiger partial charge in [0.25, 0.3) is 5.56 Å². The Hall–Kier alpha value is -2.81. The van der Waals surface area contributed by atoms with Crippen LogP contribution in [0.15, 0.2) is 41.3 Å². The highest BCUT2D eigenvalue weighted by atomic mass is 32.1. The second kappa shape index (κ2) is 7.20. The van der Waals surface area contributed by atoms with Crippen LogP contribution < -0.4 is 15.4 Å². The molecular formula is C17H19N7OS. The number of pyridine rings is 1. The first-order valence-corrected chi connectivity index (χ1v) is 9.25. The number of hydrogen-bond acceptors (Lipinski definition) is 8. The molecule has 0 spiro atoms. The van der Waals surface area contributed by atoms with Gasteiger partial charge in [-0.1, -0.05) is 6.07 Å². The number of aryl methyl sites for hydroxylation is 1. The summed E-state index contributed by atoms with van der Waals surface area (Å²) >= 11 is 1.44. The Morgan fingerprint density at radius 3 is 2.58 bits per heavy atom. The fourth-order valence-electron chi connectivity index (χ4n) is 2.91. The van der Waals surface area contributed by atoms with E-state index in [0.717, 1.165) is 48.6 Å². The van der Waals surface area contributed by atoms with E-state index in [-0.39, 0.29) is 5.56 Å². The zero-order valence-corrected chi connectivity index (χ0v) is 15.3. The van der Waals surface area contributed by atoms with Gasteiger partial charge in [-0.3, -0.25) is 9.78 Å². The highest BCUT2D eigenvalue weighted by Gasteiger charge is 2.21. The summed E-state index contributed by atoms with van der Waals surface area (Å²) in [6.07, 6.45) is 1.72. The van der Waals surface area contributed by atoms with Gasteiger partial charge in [-0.25, -0.2) is 9.67 Å². The van der Waals surface area contributed by atoms with Gasteiger partial charge in [-0.2, -0.15) is 9.47 Å². The highest BCUT2D eigenvalue weighted by Crippen LogP contribution is 2.20. The molecule has 4 heterocycles. The number of nitrogens with zero attached hydrogens (tertiary/aromatic N) is 7. The average Bonchev–Trinajstić information content (AvgIpc) is 3.11. The third kappa shape index (κ3) is 3.57. The summed E-state index contributed by atoms with van der Waals surface area (Å²) in [5, 5.41) is 5.51. The summed E-state index contributed by atoms with van der Waals surface area (Å²) in [6.45, 7) is 5.65. The summed E-state index contributed by atoms with van der Waals surface area (Å²) in [6, 6.07) is 9.03. The molecule has 1 saturated heterocycles. The minimum absolute atomic E-state index is 0.123. The number of anilines is 2. The molecule has 9 heteroatoms. The van der Waals surface area contributed by atoms with Gasteiger partial charge in [0.05, 0.1) is 12.2 Å². The molecule has 1 aliphatic rings. The summed E-state index contributed by atoms with van der Waals surface area (Å²) in [5.41, 5.74) is 0.693. The molecule has 0 N–H and O–H groups in total. The van der Waals surface area contributed by atoms with Gasteiger partial charge in [0.15, 0.2) is 0 Å². The van der Waals surface area contributed by atoms with E-state index in [0.29, 0.717) is 6.54 Å². The lowest BCUT2D eigenvalue weighted by Crippen LogP contribution is -2.47. The van der Waals surface area contributed by atoms with Crippen molar-refractivity contribution in [3.63, 3.8) is 0 Å². The Kier molecular flexibility index (Phi) is 4.61. The maximum atomic E-state index is 12.1. The molecule has 0 atom stereocenters. The molecule has 26 heavy (non-hydrogen) atoms. The predicted octanol–water partition coefficient (Wildman–Crippen LogP) is 1.17. The monoisotopic (exact) mass is 369 g/mol. The van der Waals surface area contributed by atoms with E-state index in [1.54, 1.807) is 18.3 Å². The third-order valence-corrected chi connectivity index (χ3v) is 5.15. The minimum Gasteiger partial charge on any atom is -0.352 e. The minimum atomic E-state index is -0.123. The van der Waals surface area contributed by atoms with Crippen LogP contribution in [0.3, 0.4) is 0 Å². The molecule has 0 aromatic carbocycles. The summed E-state index contributed by atoms with van der Waals surface area (Å²) in [7, 11) is 0. The van der Waals surface area contributed by atoms with Crippen molar-refractivity contribution in [2.75, 3.05) is 36.0 Å². The van der Waals surface area contributed by atoms with Crippen molar-refractivity contribution in [1.82, 2.24) is 24.1 Å². The smallest absolute Gasteiger partial charge is 0.267 e. The number of rotatable bonds is 4. The van der Waals surface area contributed by atoms with Crippen LogP contribution in [0.4, 0.5) is 10.9 Å². The second-order valence-electron chi connectivity index (χ2n) is 6.11. The zero-order chi connectivity index (χ0) is 17.9. The Labute approximate surface area is 154 Å². The lowest BCUT2D eigenvalue weighted by molar-refractivity contribution is 0.596. The van der Waals surface area contributed by atoms with Crippen LogP contribution in [0, 0.1) is 6.92 Å². The molecule has 3 aromatic heterocycles. The van der Waals surface area contributed by atoms with Crippen LogP contribution in [0.2, 0.25) is 0 Å². The molecule has 0 bridgehead atoms. The van der Waals surface area contributed by atoms with Crippen LogP contribution in [0.25, 0.3) is 0 Å². The van der Waals surface area contributed by atoms with Crippen LogP contribution >= 0.6 is 11.5 Å². The van der Waals surface area contributed by atoms with Gasteiger partial charge in [0.2, 0.25) is 5.13 Å². The van der Waals surface area contributed by atoms with Crippen molar-refractivity contribution in [1.29, 1.82) is 0 Å². The van der Waals surface area contributed by atoms with E-state index < -0.39 is 0 Å². The molecule has 0 saturated carbocycles. The molecule has 0 aliphatic carbocycles. The van der Waals surface area contributed by atoms with Gasteiger partial charge < -0.3 is 9.80 Å². The number of aromatic nitrogens is 5. The van der Waals surface area contributed by atoms with Gasteiger partial charge >= 0.3 is 0 Å². The van der Waals surface area contributed by atoms with Gasteiger partial charge in [-0.15, -0.1) is 0 Å². The quantitative estimate of drug-likeness (QED) is 0.683. The largest absolute Gasteiger partial charge is 0.352 e. The molecule has 0 unspecified atom stereocenters. The molecule has 1 fully saturated rings. The topological polar surface area (TPSA) is 80.0 Å². The van der Waals surface area contributed by atoms with E-state index >= 15 is 0 Å². The molecule has 0 radical (unpaired) electrons. The Morgan fingerprint density at radius 2 is 1.88 bits per heavy atom. The maximum absolute atomic E-state index is 12.1. The SMILES string of the molecule is Cc1nsc(N2CCN(c3ccc(=O)n(Cc4ccccn4)n3)CC2)n1. The van der Waals surface area contributed by atoms with Gasteiger partial charge in [0, 0.05) is 50.0 Å². The molecule has 4 rings (SSSR count). The zero-order valence-electron chi connectivity index (χ0n) is 14.4. The van der Waals surface area contributed by atoms with E-state index in [9.17, 15) is 4.79 Å². The van der Waals surface area contributed by atoms with Crippen molar-refractivity contribution in [3.05, 3.63) is 58.4 Å². The molecule has 8 nitrogen and oxygen atoms in total. The summed E-state index contributed by atoms with van der Waals surface area (Å²) in [5.74, 6) is 1.63. The van der Waals surface area contributed by atoms with Crippen LogP contribution in [-0.4, -0.2) is 50.3 Å². The normalized spacial score (nSPS) is 14.7.